The number of rotatable bonds is 7. The monoisotopic (exact) mass is 380 g/mol. The van der Waals surface area contributed by atoms with E-state index < -0.39 is 17.6 Å². The van der Waals surface area contributed by atoms with Gasteiger partial charge in [0.15, 0.2) is 6.10 Å². The third kappa shape index (κ3) is 7.91. The predicted molar refractivity (Wildman–Crippen MR) is 103 cm³/mol. The van der Waals surface area contributed by atoms with Crippen molar-refractivity contribution in [1.82, 2.24) is 10.6 Å². The van der Waals surface area contributed by atoms with Crippen molar-refractivity contribution in [2.75, 3.05) is 5.75 Å². The van der Waals surface area contributed by atoms with Crippen LogP contribution in [0, 0.1) is 0 Å². The molecule has 144 valence electrons. The largest absolute Gasteiger partial charge is 0.449 e. The molecule has 6 nitrogen and oxygen atoms in total. The van der Waals surface area contributed by atoms with Crippen LogP contribution in [0.2, 0.25) is 0 Å². The molecule has 1 atom stereocenters. The molecule has 26 heavy (non-hydrogen) atoms. The number of nitrogens with one attached hydrogen (secondary N) is 2. The van der Waals surface area contributed by atoms with E-state index in [9.17, 15) is 14.4 Å². The molecule has 0 radical (unpaired) electrons. The van der Waals surface area contributed by atoms with Crippen molar-refractivity contribution in [3.8, 4) is 0 Å². The Hall–Kier alpha value is -2.02. The molecule has 7 heteroatoms. The summed E-state index contributed by atoms with van der Waals surface area (Å²) in [4.78, 5) is 37.0. The van der Waals surface area contributed by atoms with Crippen molar-refractivity contribution in [3.63, 3.8) is 0 Å². The maximum Gasteiger partial charge on any atom is 0.340 e. The average molecular weight is 381 g/mol. The minimum Gasteiger partial charge on any atom is -0.449 e. The minimum absolute atomic E-state index is 0.0606. The summed E-state index contributed by atoms with van der Waals surface area (Å²) in [6.45, 7) is 10.9. The number of amides is 2. The van der Waals surface area contributed by atoms with Crippen LogP contribution >= 0.6 is 11.8 Å². The molecule has 0 aliphatic rings. The number of thioether (sulfide) groups is 1. The quantitative estimate of drug-likeness (QED) is 0.561. The van der Waals surface area contributed by atoms with E-state index in [2.05, 4.69) is 10.6 Å². The third-order valence-corrected chi connectivity index (χ3v) is 4.14. The van der Waals surface area contributed by atoms with Crippen molar-refractivity contribution in [1.29, 1.82) is 0 Å². The molecule has 0 heterocycles. The van der Waals surface area contributed by atoms with Gasteiger partial charge in [-0.25, -0.2) is 4.79 Å². The van der Waals surface area contributed by atoms with Gasteiger partial charge in [0, 0.05) is 16.5 Å². The smallest absolute Gasteiger partial charge is 0.340 e. The summed E-state index contributed by atoms with van der Waals surface area (Å²) in [5, 5.41) is 5.58. The Morgan fingerprint density at radius 2 is 1.73 bits per heavy atom. The number of ether oxygens (including phenoxy) is 1. The van der Waals surface area contributed by atoms with Gasteiger partial charge in [-0.15, -0.1) is 11.8 Å². The van der Waals surface area contributed by atoms with Crippen LogP contribution in [0.5, 0.6) is 0 Å². The predicted octanol–water partition coefficient (Wildman–Crippen LogP) is 2.76. The summed E-state index contributed by atoms with van der Waals surface area (Å²) in [6.07, 6.45) is -0.913. The van der Waals surface area contributed by atoms with Crippen molar-refractivity contribution < 1.29 is 19.1 Å². The molecule has 1 aromatic rings. The molecule has 0 spiro atoms. The SMILES string of the molecule is CC(C)NC(=O)CSc1ccccc1C(=O)O[C@@H](C)C(=O)NC(C)(C)C. The first-order chi connectivity index (χ1) is 12.0. The number of esters is 1. The molecule has 0 fully saturated rings. The highest BCUT2D eigenvalue weighted by Gasteiger charge is 2.24. The second-order valence-electron chi connectivity index (χ2n) is 7.29. The Balaban J connectivity index is 2.75. The third-order valence-electron chi connectivity index (χ3n) is 3.07. The fraction of sp³-hybridized carbons (Fsp3) is 0.526. The van der Waals surface area contributed by atoms with Crippen LogP contribution in [-0.4, -0.2) is 41.2 Å². The van der Waals surface area contributed by atoms with Gasteiger partial charge < -0.3 is 15.4 Å². The van der Waals surface area contributed by atoms with Crippen LogP contribution in [0.1, 0.15) is 51.9 Å². The summed E-state index contributed by atoms with van der Waals surface area (Å²) in [6, 6.07) is 6.94. The van der Waals surface area contributed by atoms with Crippen LogP contribution in [0.25, 0.3) is 0 Å². The Morgan fingerprint density at radius 3 is 2.31 bits per heavy atom. The number of hydrogen-bond acceptors (Lipinski definition) is 5. The van der Waals surface area contributed by atoms with E-state index in [4.69, 9.17) is 4.74 Å². The van der Waals surface area contributed by atoms with Crippen molar-refractivity contribution >= 4 is 29.5 Å². The van der Waals surface area contributed by atoms with E-state index in [0.29, 0.717) is 10.5 Å². The molecule has 0 aliphatic heterocycles. The second kappa shape index (κ2) is 9.62. The minimum atomic E-state index is -0.913. The van der Waals surface area contributed by atoms with Crippen LogP contribution in [-0.2, 0) is 14.3 Å². The van der Waals surface area contributed by atoms with Gasteiger partial charge in [-0.3, -0.25) is 9.59 Å². The van der Waals surface area contributed by atoms with E-state index in [-0.39, 0.29) is 23.6 Å². The lowest BCUT2D eigenvalue weighted by atomic mass is 10.1. The lowest BCUT2D eigenvalue weighted by molar-refractivity contribution is -0.130. The number of benzene rings is 1. The van der Waals surface area contributed by atoms with E-state index >= 15 is 0 Å². The first-order valence-corrected chi connectivity index (χ1v) is 9.52. The fourth-order valence-corrected chi connectivity index (χ4v) is 2.87. The molecular formula is C19H28N2O4S. The lowest BCUT2D eigenvalue weighted by Gasteiger charge is -2.23. The Labute approximate surface area is 159 Å². The molecular weight excluding hydrogens is 352 g/mol. The molecule has 0 saturated carbocycles. The van der Waals surface area contributed by atoms with E-state index in [1.807, 2.05) is 34.6 Å². The van der Waals surface area contributed by atoms with E-state index in [0.717, 1.165) is 0 Å². The Kier molecular flexibility index (Phi) is 8.14. The summed E-state index contributed by atoms with van der Waals surface area (Å²) in [5.74, 6) is -0.852. The molecule has 2 N–H and O–H groups in total. The van der Waals surface area contributed by atoms with Gasteiger partial charge in [-0.1, -0.05) is 12.1 Å². The highest BCUT2D eigenvalue weighted by molar-refractivity contribution is 8.00. The van der Waals surface area contributed by atoms with Crippen molar-refractivity contribution in [3.05, 3.63) is 29.8 Å². The van der Waals surface area contributed by atoms with Gasteiger partial charge in [0.2, 0.25) is 5.91 Å². The van der Waals surface area contributed by atoms with E-state index in [1.165, 1.54) is 18.7 Å². The van der Waals surface area contributed by atoms with Crippen LogP contribution in [0.4, 0.5) is 0 Å². The summed E-state index contributed by atoms with van der Waals surface area (Å²) in [5.41, 5.74) is -0.0693. The summed E-state index contributed by atoms with van der Waals surface area (Å²) >= 11 is 1.26. The first kappa shape index (κ1) is 22.0. The Morgan fingerprint density at radius 1 is 1.12 bits per heavy atom. The Bertz CT molecular complexity index is 653. The first-order valence-electron chi connectivity index (χ1n) is 8.54. The molecule has 1 rings (SSSR count). The summed E-state index contributed by atoms with van der Waals surface area (Å²) in [7, 11) is 0. The van der Waals surface area contributed by atoms with Gasteiger partial charge in [-0.05, 0) is 53.7 Å². The molecule has 0 unspecified atom stereocenters. The van der Waals surface area contributed by atoms with Gasteiger partial charge in [0.25, 0.3) is 5.91 Å². The average Bonchev–Trinajstić information content (AvgIpc) is 2.50. The van der Waals surface area contributed by atoms with Gasteiger partial charge in [-0.2, -0.15) is 0 Å². The summed E-state index contributed by atoms with van der Waals surface area (Å²) < 4.78 is 5.29. The normalized spacial score (nSPS) is 12.4. The highest BCUT2D eigenvalue weighted by atomic mass is 32.2. The second-order valence-corrected chi connectivity index (χ2v) is 8.31. The van der Waals surface area contributed by atoms with Crippen LogP contribution in [0.15, 0.2) is 29.2 Å². The topological polar surface area (TPSA) is 84.5 Å². The highest BCUT2D eigenvalue weighted by Crippen LogP contribution is 2.23. The molecule has 0 bridgehead atoms. The van der Waals surface area contributed by atoms with Crippen LogP contribution in [0.3, 0.4) is 0 Å². The molecule has 0 saturated heterocycles. The maximum atomic E-state index is 12.5. The molecule has 2 amide bonds. The molecule has 0 aromatic heterocycles. The van der Waals surface area contributed by atoms with Gasteiger partial charge in [0.1, 0.15) is 0 Å². The molecule has 0 aliphatic carbocycles. The van der Waals surface area contributed by atoms with Gasteiger partial charge >= 0.3 is 5.97 Å². The van der Waals surface area contributed by atoms with Gasteiger partial charge in [0.05, 0.1) is 11.3 Å². The zero-order valence-corrected chi connectivity index (χ0v) is 17.0. The zero-order chi connectivity index (χ0) is 19.9. The number of carbonyl (C=O) groups is 3. The number of carbonyl (C=O) groups excluding carboxylic acids is 3. The lowest BCUT2D eigenvalue weighted by Crippen LogP contribution is -2.46. The standard InChI is InChI=1S/C19H28N2O4S/c1-12(2)20-16(22)11-26-15-10-8-7-9-14(15)18(24)25-13(3)17(23)21-19(4,5)6/h7-10,12-13H,11H2,1-6H3,(H,20,22)(H,21,23)/t13-/m0/s1. The van der Waals surface area contributed by atoms with E-state index in [1.54, 1.807) is 24.3 Å². The zero-order valence-electron chi connectivity index (χ0n) is 16.2. The van der Waals surface area contributed by atoms with Crippen molar-refractivity contribution in [2.45, 2.75) is 64.1 Å². The fourth-order valence-electron chi connectivity index (χ4n) is 2.02. The van der Waals surface area contributed by atoms with Crippen LogP contribution < -0.4 is 10.6 Å². The van der Waals surface area contributed by atoms with Crippen molar-refractivity contribution in [2.24, 2.45) is 0 Å². The molecule has 1 aromatic carbocycles. The maximum absolute atomic E-state index is 12.5. The number of hydrogen-bond donors (Lipinski definition) is 2.